The van der Waals surface area contributed by atoms with Gasteiger partial charge in [-0.15, -0.1) is 0 Å². The van der Waals surface area contributed by atoms with Crippen molar-refractivity contribution >= 4 is 12.0 Å². The summed E-state index contributed by atoms with van der Waals surface area (Å²) in [6, 6.07) is 7.84. The summed E-state index contributed by atoms with van der Waals surface area (Å²) in [5.74, 6) is -0.938. The molecule has 4 nitrogen and oxygen atoms in total. The van der Waals surface area contributed by atoms with Gasteiger partial charge in [0.2, 0.25) is 0 Å². The second-order valence-corrected chi connectivity index (χ2v) is 5.08. The van der Waals surface area contributed by atoms with E-state index in [-0.39, 0.29) is 0 Å². The highest BCUT2D eigenvalue weighted by atomic mass is 16.4. The Kier molecular flexibility index (Phi) is 4.58. The molecule has 110 valence electrons. The Labute approximate surface area is 124 Å². The van der Waals surface area contributed by atoms with Crippen LogP contribution >= 0.6 is 0 Å². The molecule has 0 unspecified atom stereocenters. The number of carboxylic acids is 1. The van der Waals surface area contributed by atoms with Crippen LogP contribution in [0.3, 0.4) is 0 Å². The van der Waals surface area contributed by atoms with Gasteiger partial charge < -0.3 is 5.11 Å². The van der Waals surface area contributed by atoms with E-state index in [4.69, 9.17) is 5.11 Å². The number of carbonyl (C=O) groups is 1. The van der Waals surface area contributed by atoms with Crippen LogP contribution in [-0.2, 0) is 17.8 Å². The lowest BCUT2D eigenvalue weighted by atomic mass is 10.1. The maximum absolute atomic E-state index is 10.6. The van der Waals surface area contributed by atoms with Crippen LogP contribution in [0.4, 0.5) is 0 Å². The Morgan fingerprint density at radius 3 is 2.76 bits per heavy atom. The molecule has 0 fully saturated rings. The zero-order valence-electron chi connectivity index (χ0n) is 12.6. The van der Waals surface area contributed by atoms with Gasteiger partial charge in [0.05, 0.1) is 12.2 Å². The Morgan fingerprint density at radius 2 is 2.14 bits per heavy atom. The third kappa shape index (κ3) is 3.60. The van der Waals surface area contributed by atoms with Crippen LogP contribution in [0.5, 0.6) is 0 Å². The minimum absolute atomic E-state index is 0.696. The molecule has 0 atom stereocenters. The molecule has 0 bridgehead atoms. The molecule has 1 aromatic carbocycles. The molecule has 0 aliphatic rings. The van der Waals surface area contributed by atoms with Gasteiger partial charge in [0.1, 0.15) is 0 Å². The van der Waals surface area contributed by atoms with E-state index in [0.717, 1.165) is 29.3 Å². The molecule has 2 rings (SSSR count). The first-order valence-electron chi connectivity index (χ1n) is 7.04. The smallest absolute Gasteiger partial charge is 0.328 e. The van der Waals surface area contributed by atoms with Crippen LogP contribution in [0.25, 0.3) is 6.08 Å². The van der Waals surface area contributed by atoms with Crippen LogP contribution in [-0.4, -0.2) is 20.9 Å². The summed E-state index contributed by atoms with van der Waals surface area (Å²) in [7, 11) is 0. The van der Waals surface area contributed by atoms with Gasteiger partial charge in [-0.2, -0.15) is 5.10 Å². The molecule has 4 heteroatoms. The fraction of sp³-hybridized carbons (Fsp3) is 0.294. The second-order valence-electron chi connectivity index (χ2n) is 5.08. The van der Waals surface area contributed by atoms with Crippen LogP contribution in [0.2, 0.25) is 0 Å². The van der Waals surface area contributed by atoms with Gasteiger partial charge in [-0.1, -0.05) is 25.1 Å². The molecular weight excluding hydrogens is 264 g/mol. The monoisotopic (exact) mass is 284 g/mol. The lowest BCUT2D eigenvalue weighted by Crippen LogP contribution is -2.04. The highest BCUT2D eigenvalue weighted by molar-refractivity contribution is 5.85. The lowest BCUT2D eigenvalue weighted by molar-refractivity contribution is -0.131. The molecule has 21 heavy (non-hydrogen) atoms. The summed E-state index contributed by atoms with van der Waals surface area (Å²) in [5, 5.41) is 13.3. The third-order valence-corrected chi connectivity index (χ3v) is 3.59. The molecule has 1 aromatic heterocycles. The Hall–Kier alpha value is -2.36. The van der Waals surface area contributed by atoms with Gasteiger partial charge >= 0.3 is 5.97 Å². The van der Waals surface area contributed by atoms with E-state index in [0.29, 0.717) is 6.54 Å². The number of benzene rings is 1. The van der Waals surface area contributed by atoms with Gasteiger partial charge in [-0.3, -0.25) is 4.68 Å². The quantitative estimate of drug-likeness (QED) is 0.858. The normalized spacial score (nSPS) is 11.2. The third-order valence-electron chi connectivity index (χ3n) is 3.59. The van der Waals surface area contributed by atoms with Crippen molar-refractivity contribution in [1.82, 2.24) is 9.78 Å². The molecule has 1 N–H and O–H groups in total. The van der Waals surface area contributed by atoms with Crippen molar-refractivity contribution in [1.29, 1.82) is 0 Å². The second kappa shape index (κ2) is 6.39. The van der Waals surface area contributed by atoms with Crippen molar-refractivity contribution in [2.45, 2.75) is 33.7 Å². The predicted molar refractivity (Wildman–Crippen MR) is 83.3 cm³/mol. The van der Waals surface area contributed by atoms with Crippen molar-refractivity contribution in [3.8, 4) is 0 Å². The first kappa shape index (κ1) is 15.0. The van der Waals surface area contributed by atoms with Crippen molar-refractivity contribution in [2.24, 2.45) is 0 Å². The molecule has 0 aliphatic carbocycles. The number of aliphatic carboxylic acids is 1. The topological polar surface area (TPSA) is 55.1 Å². The van der Waals surface area contributed by atoms with Gasteiger partial charge in [0.25, 0.3) is 0 Å². The summed E-state index contributed by atoms with van der Waals surface area (Å²) in [4.78, 5) is 10.6. The van der Waals surface area contributed by atoms with Crippen LogP contribution in [0.1, 0.15) is 35.0 Å². The minimum Gasteiger partial charge on any atom is -0.478 e. The SMILES string of the molecule is CCc1c(C)nn(Cc2cccc(C=CC(=O)O)c2)c1C. The minimum atomic E-state index is -0.938. The van der Waals surface area contributed by atoms with Crippen molar-refractivity contribution in [2.75, 3.05) is 0 Å². The molecular formula is C17H20N2O2. The summed E-state index contributed by atoms with van der Waals surface area (Å²) in [6.45, 7) is 6.96. The van der Waals surface area contributed by atoms with Crippen molar-refractivity contribution < 1.29 is 9.90 Å². The summed E-state index contributed by atoms with van der Waals surface area (Å²) < 4.78 is 2.01. The van der Waals surface area contributed by atoms with E-state index < -0.39 is 5.97 Å². The maximum Gasteiger partial charge on any atom is 0.328 e. The zero-order chi connectivity index (χ0) is 15.4. The number of aryl methyl sites for hydroxylation is 1. The van der Waals surface area contributed by atoms with Gasteiger partial charge in [0.15, 0.2) is 0 Å². The summed E-state index contributed by atoms with van der Waals surface area (Å²) >= 11 is 0. The average molecular weight is 284 g/mol. The molecule has 0 aliphatic heterocycles. The highest BCUT2D eigenvalue weighted by Gasteiger charge is 2.09. The zero-order valence-corrected chi connectivity index (χ0v) is 12.6. The Bertz CT molecular complexity index is 684. The molecule has 1 heterocycles. The molecule has 0 radical (unpaired) electrons. The lowest BCUT2D eigenvalue weighted by Gasteiger charge is -2.06. The van der Waals surface area contributed by atoms with Gasteiger partial charge in [-0.25, -0.2) is 4.79 Å². The summed E-state index contributed by atoms with van der Waals surface area (Å²) in [5.41, 5.74) is 5.57. The van der Waals surface area contributed by atoms with E-state index >= 15 is 0 Å². The first-order valence-corrected chi connectivity index (χ1v) is 7.04. The number of aromatic nitrogens is 2. The highest BCUT2D eigenvalue weighted by Crippen LogP contribution is 2.16. The molecule has 2 aromatic rings. The largest absolute Gasteiger partial charge is 0.478 e. The molecule has 0 saturated carbocycles. The van der Waals surface area contributed by atoms with Crippen molar-refractivity contribution in [3.05, 3.63) is 58.4 Å². The standard InChI is InChI=1S/C17H20N2O2/c1-4-16-12(2)18-19(13(16)3)11-15-7-5-6-14(10-15)8-9-17(20)21/h5-10H,4,11H2,1-3H3,(H,20,21). The number of hydrogen-bond acceptors (Lipinski definition) is 2. The number of rotatable bonds is 5. The van der Waals surface area contributed by atoms with E-state index in [2.05, 4.69) is 18.9 Å². The fourth-order valence-corrected chi connectivity index (χ4v) is 2.54. The van der Waals surface area contributed by atoms with Crippen LogP contribution in [0.15, 0.2) is 30.3 Å². The molecule has 0 spiro atoms. The molecule has 0 amide bonds. The Morgan fingerprint density at radius 1 is 1.38 bits per heavy atom. The number of carboxylic acid groups (broad SMARTS) is 1. The average Bonchev–Trinajstić information content (AvgIpc) is 2.71. The van der Waals surface area contributed by atoms with E-state index in [9.17, 15) is 4.79 Å². The Balaban J connectivity index is 2.24. The maximum atomic E-state index is 10.6. The van der Waals surface area contributed by atoms with E-state index in [1.165, 1.54) is 11.3 Å². The van der Waals surface area contributed by atoms with E-state index in [1.807, 2.05) is 35.9 Å². The number of hydrogen-bond donors (Lipinski definition) is 1. The van der Waals surface area contributed by atoms with Crippen molar-refractivity contribution in [3.63, 3.8) is 0 Å². The summed E-state index contributed by atoms with van der Waals surface area (Å²) in [6.07, 6.45) is 3.74. The fourth-order valence-electron chi connectivity index (χ4n) is 2.54. The van der Waals surface area contributed by atoms with Crippen LogP contribution in [0, 0.1) is 13.8 Å². The first-order chi connectivity index (χ1) is 10.0. The van der Waals surface area contributed by atoms with Gasteiger partial charge in [0, 0.05) is 11.8 Å². The van der Waals surface area contributed by atoms with Crippen LogP contribution < -0.4 is 0 Å². The van der Waals surface area contributed by atoms with Gasteiger partial charge in [-0.05, 0) is 49.1 Å². The predicted octanol–water partition coefficient (Wildman–Crippen LogP) is 3.21. The number of nitrogens with zero attached hydrogens (tertiary/aromatic N) is 2. The molecule has 0 saturated heterocycles. The van der Waals surface area contributed by atoms with E-state index in [1.54, 1.807) is 6.08 Å².